The predicted octanol–water partition coefficient (Wildman–Crippen LogP) is 2.93. The summed E-state index contributed by atoms with van der Waals surface area (Å²) in [4.78, 5) is 26.1. The smallest absolute Gasteiger partial charge is 0.328 e. The van der Waals surface area contributed by atoms with Gasteiger partial charge < -0.3 is 9.64 Å². The number of nitrogens with zero attached hydrogens (tertiary/aromatic N) is 1. The molecule has 0 saturated carbocycles. The highest BCUT2D eigenvalue weighted by atomic mass is 79.9. The Morgan fingerprint density at radius 2 is 2.05 bits per heavy atom. The van der Waals surface area contributed by atoms with Crippen molar-refractivity contribution in [3.8, 4) is 0 Å². The second kappa shape index (κ2) is 6.39. The average Bonchev–Trinajstić information content (AvgIpc) is 2.44. The van der Waals surface area contributed by atoms with E-state index in [0.29, 0.717) is 18.5 Å². The number of rotatable bonds is 2. The molecule has 1 heterocycles. The molecule has 1 unspecified atom stereocenters. The molecule has 1 atom stereocenters. The van der Waals surface area contributed by atoms with Gasteiger partial charge in [-0.15, -0.1) is 0 Å². The van der Waals surface area contributed by atoms with E-state index in [1.165, 1.54) is 7.11 Å². The van der Waals surface area contributed by atoms with Gasteiger partial charge in [0.15, 0.2) is 0 Å². The highest BCUT2D eigenvalue weighted by molar-refractivity contribution is 9.10. The second-order valence-corrected chi connectivity index (χ2v) is 5.97. The molecule has 0 spiro atoms. The van der Waals surface area contributed by atoms with Gasteiger partial charge in [0.2, 0.25) is 0 Å². The van der Waals surface area contributed by atoms with E-state index in [1.54, 1.807) is 11.0 Å². The maximum absolute atomic E-state index is 12.6. The molecule has 108 valence electrons. The lowest BCUT2D eigenvalue weighted by Crippen LogP contribution is -2.48. The highest BCUT2D eigenvalue weighted by Crippen LogP contribution is 2.23. The summed E-state index contributed by atoms with van der Waals surface area (Å²) in [6, 6.07) is 5.12. The number of hydrogen-bond donors (Lipinski definition) is 0. The third-order valence-corrected chi connectivity index (χ3v) is 3.98. The molecule has 1 aliphatic rings. The molecule has 0 radical (unpaired) electrons. The van der Waals surface area contributed by atoms with Gasteiger partial charge in [0.05, 0.1) is 7.11 Å². The van der Waals surface area contributed by atoms with Gasteiger partial charge in [-0.05, 0) is 49.9 Å². The lowest BCUT2D eigenvalue weighted by atomic mass is 10.0. The first kappa shape index (κ1) is 15.0. The van der Waals surface area contributed by atoms with Crippen LogP contribution in [-0.2, 0) is 9.53 Å². The Hall–Kier alpha value is -1.36. The number of ether oxygens (including phenoxy) is 1. The third kappa shape index (κ3) is 3.20. The minimum atomic E-state index is -0.458. The van der Waals surface area contributed by atoms with Gasteiger partial charge in [-0.1, -0.05) is 15.9 Å². The Morgan fingerprint density at radius 3 is 2.70 bits per heavy atom. The number of benzene rings is 1. The number of carbonyl (C=O) groups is 2. The molecule has 2 rings (SSSR count). The first-order valence-electron chi connectivity index (χ1n) is 6.69. The Bertz CT molecular complexity index is 510. The summed E-state index contributed by atoms with van der Waals surface area (Å²) in [7, 11) is 1.36. The lowest BCUT2D eigenvalue weighted by molar-refractivity contribution is -0.147. The number of likely N-dealkylation sites (tertiary alicyclic amines) is 1. The fraction of sp³-hybridized carbons (Fsp3) is 0.467. The van der Waals surface area contributed by atoms with Crippen molar-refractivity contribution in [2.24, 2.45) is 0 Å². The SMILES string of the molecule is COC(=O)C1CCCCN1C(=O)c1cc(C)cc(Br)c1. The van der Waals surface area contributed by atoms with Gasteiger partial charge in [0.25, 0.3) is 5.91 Å². The van der Waals surface area contributed by atoms with Crippen LogP contribution >= 0.6 is 15.9 Å². The van der Waals surface area contributed by atoms with Crippen LogP contribution in [0.1, 0.15) is 35.2 Å². The fourth-order valence-corrected chi connectivity index (χ4v) is 3.19. The highest BCUT2D eigenvalue weighted by Gasteiger charge is 2.33. The second-order valence-electron chi connectivity index (χ2n) is 5.05. The van der Waals surface area contributed by atoms with Crippen molar-refractivity contribution in [3.63, 3.8) is 0 Å². The number of methoxy groups -OCH3 is 1. The third-order valence-electron chi connectivity index (χ3n) is 3.53. The normalized spacial score (nSPS) is 18.8. The quantitative estimate of drug-likeness (QED) is 0.778. The maximum atomic E-state index is 12.6. The topological polar surface area (TPSA) is 46.6 Å². The number of amides is 1. The number of halogens is 1. The number of esters is 1. The minimum Gasteiger partial charge on any atom is -0.467 e. The van der Waals surface area contributed by atoms with Crippen molar-refractivity contribution in [2.45, 2.75) is 32.2 Å². The molecular weight excluding hydrogens is 322 g/mol. The van der Waals surface area contributed by atoms with Gasteiger partial charge in [-0.2, -0.15) is 0 Å². The minimum absolute atomic E-state index is 0.107. The van der Waals surface area contributed by atoms with Crippen LogP contribution in [0.4, 0.5) is 0 Å². The molecule has 0 aromatic heterocycles. The molecule has 1 aliphatic heterocycles. The van der Waals surface area contributed by atoms with Crippen LogP contribution in [0.25, 0.3) is 0 Å². The van der Waals surface area contributed by atoms with Crippen molar-refractivity contribution in [3.05, 3.63) is 33.8 Å². The van der Waals surface area contributed by atoms with Crippen LogP contribution in [0.2, 0.25) is 0 Å². The van der Waals surface area contributed by atoms with E-state index < -0.39 is 6.04 Å². The molecule has 1 saturated heterocycles. The number of hydrogen-bond acceptors (Lipinski definition) is 3. The summed E-state index contributed by atoms with van der Waals surface area (Å²) in [5, 5.41) is 0. The van der Waals surface area contributed by atoms with Crippen molar-refractivity contribution in [1.82, 2.24) is 4.90 Å². The van der Waals surface area contributed by atoms with Gasteiger partial charge in [0.1, 0.15) is 6.04 Å². The van der Waals surface area contributed by atoms with E-state index in [2.05, 4.69) is 15.9 Å². The zero-order valence-electron chi connectivity index (χ0n) is 11.7. The van der Waals surface area contributed by atoms with Crippen molar-refractivity contribution < 1.29 is 14.3 Å². The summed E-state index contributed by atoms with van der Waals surface area (Å²) in [6.07, 6.45) is 2.54. The van der Waals surface area contributed by atoms with E-state index in [9.17, 15) is 9.59 Å². The largest absolute Gasteiger partial charge is 0.467 e. The molecule has 0 N–H and O–H groups in total. The van der Waals surface area contributed by atoms with Crippen LogP contribution in [-0.4, -0.2) is 36.5 Å². The first-order valence-corrected chi connectivity index (χ1v) is 7.48. The molecule has 0 bridgehead atoms. The van der Waals surface area contributed by atoms with Gasteiger partial charge in [0, 0.05) is 16.6 Å². The van der Waals surface area contributed by atoms with E-state index >= 15 is 0 Å². The Kier molecular flexibility index (Phi) is 4.81. The van der Waals surface area contributed by atoms with Crippen LogP contribution in [0.3, 0.4) is 0 Å². The van der Waals surface area contributed by atoms with Crippen molar-refractivity contribution in [2.75, 3.05) is 13.7 Å². The number of aryl methyl sites for hydroxylation is 1. The van der Waals surface area contributed by atoms with E-state index in [-0.39, 0.29) is 11.9 Å². The van der Waals surface area contributed by atoms with E-state index in [0.717, 1.165) is 22.9 Å². The molecule has 1 aromatic rings. The number of carbonyl (C=O) groups excluding carboxylic acids is 2. The monoisotopic (exact) mass is 339 g/mol. The molecule has 20 heavy (non-hydrogen) atoms. The summed E-state index contributed by atoms with van der Waals surface area (Å²) in [5.41, 5.74) is 1.61. The molecule has 1 aromatic carbocycles. The summed E-state index contributed by atoms with van der Waals surface area (Å²) in [5.74, 6) is -0.436. The van der Waals surface area contributed by atoms with E-state index in [4.69, 9.17) is 4.74 Å². The summed E-state index contributed by atoms with van der Waals surface area (Å²) in [6.45, 7) is 2.54. The Labute approximate surface area is 127 Å². The van der Waals surface area contributed by atoms with Crippen LogP contribution < -0.4 is 0 Å². The molecule has 1 amide bonds. The zero-order chi connectivity index (χ0) is 14.7. The zero-order valence-corrected chi connectivity index (χ0v) is 13.3. The van der Waals surface area contributed by atoms with Gasteiger partial charge in [-0.25, -0.2) is 4.79 Å². The molecule has 4 nitrogen and oxygen atoms in total. The van der Waals surface area contributed by atoms with Crippen molar-refractivity contribution in [1.29, 1.82) is 0 Å². The summed E-state index contributed by atoms with van der Waals surface area (Å²) < 4.78 is 5.68. The number of piperidine rings is 1. The van der Waals surface area contributed by atoms with Gasteiger partial charge in [-0.3, -0.25) is 4.79 Å². The van der Waals surface area contributed by atoms with Crippen molar-refractivity contribution >= 4 is 27.8 Å². The maximum Gasteiger partial charge on any atom is 0.328 e. The molecular formula is C15H18BrNO3. The first-order chi connectivity index (χ1) is 9.52. The van der Waals surface area contributed by atoms with E-state index in [1.807, 2.05) is 19.1 Å². The van der Waals surface area contributed by atoms with Gasteiger partial charge >= 0.3 is 5.97 Å². The average molecular weight is 340 g/mol. The lowest BCUT2D eigenvalue weighted by Gasteiger charge is -2.33. The Morgan fingerprint density at radius 1 is 1.30 bits per heavy atom. The summed E-state index contributed by atoms with van der Waals surface area (Å²) >= 11 is 3.40. The van der Waals surface area contributed by atoms with Crippen LogP contribution in [0, 0.1) is 6.92 Å². The fourth-order valence-electron chi connectivity index (χ4n) is 2.58. The molecule has 0 aliphatic carbocycles. The standard InChI is InChI=1S/C15H18BrNO3/c1-10-7-11(9-12(16)8-10)14(18)17-6-4-3-5-13(17)15(19)20-2/h7-9,13H,3-6H2,1-2H3. The van der Waals surface area contributed by atoms with Crippen LogP contribution in [0.15, 0.2) is 22.7 Å². The molecule has 1 fully saturated rings. The van der Waals surface area contributed by atoms with Crippen LogP contribution in [0.5, 0.6) is 0 Å². The predicted molar refractivity (Wildman–Crippen MR) is 79.6 cm³/mol. The Balaban J connectivity index is 2.27. The molecule has 5 heteroatoms.